The molecule has 1 aliphatic carbocycles. The van der Waals surface area contributed by atoms with Crippen molar-refractivity contribution in [1.29, 1.82) is 0 Å². The third-order valence-corrected chi connectivity index (χ3v) is 7.06. The lowest BCUT2D eigenvalue weighted by Gasteiger charge is -2.21. The van der Waals surface area contributed by atoms with Crippen LogP contribution in [0.5, 0.6) is 5.75 Å². The van der Waals surface area contributed by atoms with Gasteiger partial charge in [0.15, 0.2) is 0 Å². The Hall–Kier alpha value is -3.33. The number of nitrogens with zero attached hydrogens (tertiary/aromatic N) is 4. The number of hydrogen-bond donors (Lipinski definition) is 1. The highest BCUT2D eigenvalue weighted by molar-refractivity contribution is 6.10. The summed E-state index contributed by atoms with van der Waals surface area (Å²) in [4.78, 5) is 9.42. The van der Waals surface area contributed by atoms with E-state index < -0.39 is 5.92 Å². The number of rotatable bonds is 5. The number of alkyl halides is 2. The zero-order valence-electron chi connectivity index (χ0n) is 19.9. The molecule has 182 valence electrons. The molecule has 4 aromatic rings. The maximum atomic E-state index is 14.4. The molecule has 1 saturated heterocycles. The minimum Gasteiger partial charge on any atom is -0.486 e. The number of halogens is 2. The largest absolute Gasteiger partial charge is 0.486 e. The van der Waals surface area contributed by atoms with E-state index in [1.54, 1.807) is 16.9 Å². The Labute approximate surface area is 201 Å². The highest BCUT2D eigenvalue weighted by atomic mass is 19.3. The lowest BCUT2D eigenvalue weighted by molar-refractivity contribution is -0.00184. The predicted molar refractivity (Wildman–Crippen MR) is 129 cm³/mol. The molecule has 6 rings (SSSR count). The molecule has 7 nitrogen and oxygen atoms in total. The average Bonchev–Trinajstić information content (AvgIpc) is 3.54. The Morgan fingerprint density at radius 1 is 1.26 bits per heavy atom. The van der Waals surface area contributed by atoms with Crippen molar-refractivity contribution in [2.75, 3.05) is 18.5 Å². The molecule has 1 fully saturated rings. The Bertz CT molecular complexity index is 1450. The molecule has 0 spiro atoms. The highest BCUT2D eigenvalue weighted by Gasteiger charge is 2.40. The first kappa shape index (κ1) is 22.2. The second kappa shape index (κ2) is 8.12. The van der Waals surface area contributed by atoms with E-state index in [0.29, 0.717) is 37.0 Å². The standard InChI is InChI=1S/C26H27F2N5O2/c1-14(17-5-4-6-21-18(17)7-9-26(21,27)28)30-25-19-11-22(35-16-8-10-34-13-16)24-20(12-29-33(24)3)23(19)31-15(2)32-25/h4-6,11-12,14,16H,7-10,13H2,1-3H3,(H,30,31,32)/t14?,16-/m0/s1. The van der Waals surface area contributed by atoms with Gasteiger partial charge in [-0.3, -0.25) is 4.68 Å². The predicted octanol–water partition coefficient (Wildman–Crippen LogP) is 5.20. The monoisotopic (exact) mass is 479 g/mol. The summed E-state index contributed by atoms with van der Waals surface area (Å²) in [6.07, 6.45) is 2.81. The summed E-state index contributed by atoms with van der Waals surface area (Å²) >= 11 is 0. The topological polar surface area (TPSA) is 74.1 Å². The van der Waals surface area contributed by atoms with Gasteiger partial charge in [0.05, 0.1) is 36.4 Å². The molecule has 2 aromatic carbocycles. The molecule has 0 saturated carbocycles. The maximum Gasteiger partial charge on any atom is 0.273 e. The fraction of sp³-hybridized carbons (Fsp3) is 0.423. The minimum absolute atomic E-state index is 0.0270. The van der Waals surface area contributed by atoms with Gasteiger partial charge in [-0.2, -0.15) is 5.10 Å². The summed E-state index contributed by atoms with van der Waals surface area (Å²) in [6, 6.07) is 6.90. The first-order chi connectivity index (χ1) is 16.8. The molecule has 9 heteroatoms. The minimum atomic E-state index is -2.77. The quantitative estimate of drug-likeness (QED) is 0.424. The molecule has 2 aliphatic rings. The summed E-state index contributed by atoms with van der Waals surface area (Å²) < 4.78 is 42.3. The van der Waals surface area contributed by atoms with E-state index in [9.17, 15) is 8.78 Å². The summed E-state index contributed by atoms with van der Waals surface area (Å²) in [5, 5.41) is 9.62. The van der Waals surface area contributed by atoms with Crippen molar-refractivity contribution in [3.8, 4) is 5.75 Å². The summed E-state index contributed by atoms with van der Waals surface area (Å²) in [5.74, 6) is -0.821. The molecular weight excluding hydrogens is 452 g/mol. The molecule has 0 radical (unpaired) electrons. The van der Waals surface area contributed by atoms with Crippen LogP contribution in [0.15, 0.2) is 30.5 Å². The van der Waals surface area contributed by atoms with Crippen LogP contribution < -0.4 is 10.1 Å². The van der Waals surface area contributed by atoms with Crippen LogP contribution in [0.25, 0.3) is 21.8 Å². The number of aromatic nitrogens is 4. The van der Waals surface area contributed by atoms with E-state index in [-0.39, 0.29) is 24.1 Å². The van der Waals surface area contributed by atoms with Crippen molar-refractivity contribution < 1.29 is 18.3 Å². The van der Waals surface area contributed by atoms with Gasteiger partial charge < -0.3 is 14.8 Å². The van der Waals surface area contributed by atoms with Crippen LogP contribution in [0.4, 0.5) is 14.6 Å². The Kier molecular flexibility index (Phi) is 5.14. The molecule has 1 aliphatic heterocycles. The van der Waals surface area contributed by atoms with Gasteiger partial charge in [0.1, 0.15) is 29.0 Å². The van der Waals surface area contributed by atoms with Crippen molar-refractivity contribution in [1.82, 2.24) is 19.7 Å². The van der Waals surface area contributed by atoms with Gasteiger partial charge >= 0.3 is 0 Å². The van der Waals surface area contributed by atoms with E-state index in [1.807, 2.05) is 33.0 Å². The van der Waals surface area contributed by atoms with Gasteiger partial charge in [-0.1, -0.05) is 18.2 Å². The Morgan fingerprint density at radius 3 is 2.91 bits per heavy atom. The normalized spacial score (nSPS) is 19.9. The van der Waals surface area contributed by atoms with Crippen molar-refractivity contribution in [2.45, 2.75) is 51.2 Å². The smallest absolute Gasteiger partial charge is 0.273 e. The van der Waals surface area contributed by atoms with Crippen LogP contribution in [-0.2, 0) is 24.1 Å². The van der Waals surface area contributed by atoms with Crippen molar-refractivity contribution in [3.63, 3.8) is 0 Å². The third kappa shape index (κ3) is 3.69. The SMILES string of the molecule is Cc1nc(NC(C)c2cccc3c2CCC3(F)F)c2cc(O[C@H]3CCOC3)c3c(cnn3C)c2n1. The van der Waals surface area contributed by atoms with Gasteiger partial charge in [0, 0.05) is 30.8 Å². The number of ether oxygens (including phenoxy) is 2. The number of benzene rings is 2. The molecule has 3 heterocycles. The molecule has 1 N–H and O–H groups in total. The number of fused-ring (bicyclic) bond motifs is 4. The Balaban J connectivity index is 1.45. The van der Waals surface area contributed by atoms with Gasteiger partial charge in [-0.05, 0) is 37.5 Å². The maximum absolute atomic E-state index is 14.4. The number of hydrogen-bond acceptors (Lipinski definition) is 6. The fourth-order valence-electron chi connectivity index (χ4n) is 5.34. The molecule has 2 atom stereocenters. The van der Waals surface area contributed by atoms with Crippen molar-refractivity contribution in [3.05, 3.63) is 53.0 Å². The van der Waals surface area contributed by atoms with E-state index in [2.05, 4.69) is 10.4 Å². The second-order valence-electron chi connectivity index (χ2n) is 9.47. The van der Waals surface area contributed by atoms with E-state index >= 15 is 0 Å². The number of anilines is 1. The second-order valence-corrected chi connectivity index (χ2v) is 9.47. The van der Waals surface area contributed by atoms with Crippen LogP contribution in [0, 0.1) is 6.92 Å². The van der Waals surface area contributed by atoms with E-state index in [1.165, 1.54) is 6.07 Å². The zero-order chi connectivity index (χ0) is 24.3. The summed E-state index contributed by atoms with van der Waals surface area (Å²) in [5.41, 5.74) is 3.37. The van der Waals surface area contributed by atoms with Crippen molar-refractivity contribution in [2.24, 2.45) is 7.05 Å². The molecular formula is C26H27F2N5O2. The summed E-state index contributed by atoms with van der Waals surface area (Å²) in [7, 11) is 1.88. The van der Waals surface area contributed by atoms with Gasteiger partial charge in [0.2, 0.25) is 0 Å². The van der Waals surface area contributed by atoms with Gasteiger partial charge in [-0.15, -0.1) is 0 Å². The van der Waals surface area contributed by atoms with E-state index in [4.69, 9.17) is 19.4 Å². The lowest BCUT2D eigenvalue weighted by atomic mass is 9.97. The molecule has 0 bridgehead atoms. The molecule has 2 aromatic heterocycles. The van der Waals surface area contributed by atoms with Crippen LogP contribution >= 0.6 is 0 Å². The van der Waals surface area contributed by atoms with Gasteiger partial charge in [-0.25, -0.2) is 18.7 Å². The van der Waals surface area contributed by atoms with Gasteiger partial charge in [0.25, 0.3) is 5.92 Å². The molecule has 0 amide bonds. The third-order valence-electron chi connectivity index (χ3n) is 7.06. The first-order valence-electron chi connectivity index (χ1n) is 12.0. The van der Waals surface area contributed by atoms with Crippen LogP contribution in [0.2, 0.25) is 0 Å². The zero-order valence-corrected chi connectivity index (χ0v) is 19.9. The highest BCUT2D eigenvalue weighted by Crippen LogP contribution is 2.44. The first-order valence-corrected chi connectivity index (χ1v) is 12.0. The summed E-state index contributed by atoms with van der Waals surface area (Å²) in [6.45, 7) is 5.05. The lowest BCUT2D eigenvalue weighted by Crippen LogP contribution is -2.16. The van der Waals surface area contributed by atoms with Crippen molar-refractivity contribution >= 4 is 27.6 Å². The fourth-order valence-corrected chi connectivity index (χ4v) is 5.34. The molecule has 1 unspecified atom stereocenters. The van der Waals surface area contributed by atoms with Crippen LogP contribution in [-0.4, -0.2) is 39.1 Å². The van der Waals surface area contributed by atoms with Crippen LogP contribution in [0.1, 0.15) is 48.3 Å². The number of aryl methyl sites for hydroxylation is 2. The molecule has 35 heavy (non-hydrogen) atoms. The van der Waals surface area contributed by atoms with Crippen LogP contribution in [0.3, 0.4) is 0 Å². The average molecular weight is 480 g/mol. The number of nitrogens with one attached hydrogen (secondary N) is 1. The Morgan fingerprint density at radius 2 is 2.11 bits per heavy atom. The van der Waals surface area contributed by atoms with E-state index in [0.717, 1.165) is 39.4 Å².